The van der Waals surface area contributed by atoms with Gasteiger partial charge in [0, 0.05) is 25.3 Å². The third-order valence-electron chi connectivity index (χ3n) is 3.54. The lowest BCUT2D eigenvalue weighted by atomic mass is 10.1. The zero-order valence-electron chi connectivity index (χ0n) is 11.9. The lowest BCUT2D eigenvalue weighted by molar-refractivity contribution is 0.0378. The molecule has 1 fully saturated rings. The second kappa shape index (κ2) is 7.26. The van der Waals surface area contributed by atoms with Gasteiger partial charge >= 0.3 is 5.97 Å². The molecule has 0 bridgehead atoms. The molecule has 1 aromatic rings. The van der Waals surface area contributed by atoms with Crippen LogP contribution in [-0.2, 0) is 4.74 Å². The molecule has 5 nitrogen and oxygen atoms in total. The summed E-state index contributed by atoms with van der Waals surface area (Å²) in [5.41, 5.74) is 2.13. The fourth-order valence-corrected chi connectivity index (χ4v) is 2.37. The zero-order valence-corrected chi connectivity index (χ0v) is 11.9. The third-order valence-corrected chi connectivity index (χ3v) is 3.54. The molecule has 0 atom stereocenters. The summed E-state index contributed by atoms with van der Waals surface area (Å²) in [6.07, 6.45) is 1.07. The summed E-state index contributed by atoms with van der Waals surface area (Å²) in [5, 5.41) is 12.3. The van der Waals surface area contributed by atoms with E-state index in [1.54, 1.807) is 6.07 Å². The van der Waals surface area contributed by atoms with E-state index in [2.05, 4.69) is 10.2 Å². The van der Waals surface area contributed by atoms with Gasteiger partial charge in [0.25, 0.3) is 0 Å². The second-order valence-corrected chi connectivity index (χ2v) is 5.07. The van der Waals surface area contributed by atoms with Gasteiger partial charge < -0.3 is 15.2 Å². The molecule has 1 aromatic carbocycles. The van der Waals surface area contributed by atoms with Crippen LogP contribution in [-0.4, -0.2) is 55.4 Å². The van der Waals surface area contributed by atoms with Gasteiger partial charge in [-0.1, -0.05) is 0 Å². The standard InChI is InChI=1S/C15H22N2O3/c1-12-11-13(3-4-14(12)15(18)19)16-5-2-6-17-7-9-20-10-8-17/h3-4,11,16H,2,5-10H2,1H3,(H,18,19). The van der Waals surface area contributed by atoms with Crippen molar-refractivity contribution in [1.82, 2.24) is 4.90 Å². The molecule has 2 N–H and O–H groups in total. The Kier molecular flexibility index (Phi) is 5.38. The summed E-state index contributed by atoms with van der Waals surface area (Å²) in [4.78, 5) is 13.3. The number of morpholine rings is 1. The molecule has 0 aromatic heterocycles. The van der Waals surface area contributed by atoms with Crippen molar-refractivity contribution in [2.75, 3.05) is 44.7 Å². The maximum Gasteiger partial charge on any atom is 0.335 e. The molecule has 0 spiro atoms. The van der Waals surface area contributed by atoms with E-state index in [4.69, 9.17) is 9.84 Å². The van der Waals surface area contributed by atoms with Crippen LogP contribution in [0.5, 0.6) is 0 Å². The smallest absolute Gasteiger partial charge is 0.335 e. The number of hydrogen-bond acceptors (Lipinski definition) is 4. The molecule has 0 saturated carbocycles. The molecule has 110 valence electrons. The van der Waals surface area contributed by atoms with E-state index in [1.807, 2.05) is 19.1 Å². The van der Waals surface area contributed by atoms with Crippen LogP contribution in [0.3, 0.4) is 0 Å². The largest absolute Gasteiger partial charge is 0.478 e. The molecule has 1 heterocycles. The third kappa shape index (κ3) is 4.21. The van der Waals surface area contributed by atoms with Gasteiger partial charge in [-0.05, 0) is 43.7 Å². The van der Waals surface area contributed by atoms with E-state index in [0.29, 0.717) is 5.56 Å². The van der Waals surface area contributed by atoms with Gasteiger partial charge in [-0.2, -0.15) is 0 Å². The Morgan fingerprint density at radius 2 is 2.15 bits per heavy atom. The van der Waals surface area contributed by atoms with Crippen molar-refractivity contribution in [2.24, 2.45) is 0 Å². The number of carboxylic acid groups (broad SMARTS) is 1. The molecular weight excluding hydrogens is 256 g/mol. The summed E-state index contributed by atoms with van der Waals surface area (Å²) in [6.45, 7) is 7.50. The Balaban J connectivity index is 1.73. The number of nitrogens with one attached hydrogen (secondary N) is 1. The van der Waals surface area contributed by atoms with Crippen molar-refractivity contribution in [3.8, 4) is 0 Å². The van der Waals surface area contributed by atoms with Crippen LogP contribution in [0, 0.1) is 6.92 Å². The van der Waals surface area contributed by atoms with Crippen LogP contribution >= 0.6 is 0 Å². The predicted molar refractivity (Wildman–Crippen MR) is 78.5 cm³/mol. The van der Waals surface area contributed by atoms with Crippen molar-refractivity contribution in [3.05, 3.63) is 29.3 Å². The number of aryl methyl sites for hydroxylation is 1. The molecule has 0 radical (unpaired) electrons. The highest BCUT2D eigenvalue weighted by Crippen LogP contribution is 2.15. The van der Waals surface area contributed by atoms with Crippen molar-refractivity contribution < 1.29 is 14.6 Å². The van der Waals surface area contributed by atoms with E-state index in [1.165, 1.54) is 0 Å². The minimum Gasteiger partial charge on any atom is -0.478 e. The fourth-order valence-electron chi connectivity index (χ4n) is 2.37. The number of carboxylic acids is 1. The molecule has 1 aliphatic heterocycles. The lowest BCUT2D eigenvalue weighted by Gasteiger charge is -2.26. The maximum absolute atomic E-state index is 10.9. The highest BCUT2D eigenvalue weighted by Gasteiger charge is 2.09. The average molecular weight is 278 g/mol. The number of ether oxygens (including phenoxy) is 1. The number of benzene rings is 1. The van der Waals surface area contributed by atoms with Crippen LogP contribution in [0.25, 0.3) is 0 Å². The Morgan fingerprint density at radius 1 is 1.40 bits per heavy atom. The Morgan fingerprint density at radius 3 is 2.80 bits per heavy atom. The summed E-state index contributed by atoms with van der Waals surface area (Å²) in [5.74, 6) is -0.874. The molecule has 2 rings (SSSR count). The van der Waals surface area contributed by atoms with Gasteiger partial charge in [0.05, 0.1) is 18.8 Å². The molecule has 5 heteroatoms. The van der Waals surface area contributed by atoms with E-state index in [9.17, 15) is 4.79 Å². The highest BCUT2D eigenvalue weighted by molar-refractivity contribution is 5.89. The van der Waals surface area contributed by atoms with Gasteiger partial charge in [0.15, 0.2) is 0 Å². The van der Waals surface area contributed by atoms with E-state index in [0.717, 1.165) is 57.1 Å². The van der Waals surface area contributed by atoms with Crippen molar-refractivity contribution >= 4 is 11.7 Å². The molecule has 1 saturated heterocycles. The predicted octanol–water partition coefficient (Wildman–Crippen LogP) is 1.83. The summed E-state index contributed by atoms with van der Waals surface area (Å²) < 4.78 is 5.31. The Labute approximate surface area is 119 Å². The zero-order chi connectivity index (χ0) is 14.4. The van der Waals surface area contributed by atoms with Gasteiger partial charge in [-0.15, -0.1) is 0 Å². The van der Waals surface area contributed by atoms with Crippen molar-refractivity contribution in [3.63, 3.8) is 0 Å². The lowest BCUT2D eigenvalue weighted by Crippen LogP contribution is -2.37. The Bertz CT molecular complexity index is 456. The first-order chi connectivity index (χ1) is 9.66. The van der Waals surface area contributed by atoms with E-state index < -0.39 is 5.97 Å². The number of aromatic carboxylic acids is 1. The summed E-state index contributed by atoms with van der Waals surface area (Å²) >= 11 is 0. The molecular formula is C15H22N2O3. The first-order valence-corrected chi connectivity index (χ1v) is 7.05. The molecule has 1 aliphatic rings. The quantitative estimate of drug-likeness (QED) is 0.777. The summed E-state index contributed by atoms with van der Waals surface area (Å²) in [7, 11) is 0. The van der Waals surface area contributed by atoms with Gasteiger partial charge in [0.1, 0.15) is 0 Å². The number of rotatable bonds is 6. The second-order valence-electron chi connectivity index (χ2n) is 5.07. The fraction of sp³-hybridized carbons (Fsp3) is 0.533. The van der Waals surface area contributed by atoms with Crippen LogP contribution < -0.4 is 5.32 Å². The number of nitrogens with zero attached hydrogens (tertiary/aromatic N) is 1. The van der Waals surface area contributed by atoms with Crippen molar-refractivity contribution in [1.29, 1.82) is 0 Å². The molecule has 20 heavy (non-hydrogen) atoms. The van der Waals surface area contributed by atoms with E-state index >= 15 is 0 Å². The Hall–Kier alpha value is -1.59. The SMILES string of the molecule is Cc1cc(NCCCN2CCOCC2)ccc1C(=O)O. The maximum atomic E-state index is 10.9. The minimum absolute atomic E-state index is 0.365. The topological polar surface area (TPSA) is 61.8 Å². The average Bonchev–Trinajstić information content (AvgIpc) is 2.44. The first kappa shape index (κ1) is 14.8. The molecule has 0 amide bonds. The van der Waals surface area contributed by atoms with Crippen LogP contribution in [0.2, 0.25) is 0 Å². The first-order valence-electron chi connectivity index (χ1n) is 7.05. The van der Waals surface area contributed by atoms with Crippen molar-refractivity contribution in [2.45, 2.75) is 13.3 Å². The number of hydrogen-bond donors (Lipinski definition) is 2. The number of carbonyl (C=O) groups is 1. The monoisotopic (exact) mass is 278 g/mol. The van der Waals surface area contributed by atoms with Gasteiger partial charge in [0.2, 0.25) is 0 Å². The normalized spacial score (nSPS) is 16.1. The number of anilines is 1. The minimum atomic E-state index is -0.874. The van der Waals surface area contributed by atoms with Crippen LogP contribution in [0.1, 0.15) is 22.3 Å². The van der Waals surface area contributed by atoms with Crippen LogP contribution in [0.4, 0.5) is 5.69 Å². The molecule has 0 unspecified atom stereocenters. The molecule has 0 aliphatic carbocycles. The van der Waals surface area contributed by atoms with E-state index in [-0.39, 0.29) is 0 Å². The summed E-state index contributed by atoms with van der Waals surface area (Å²) in [6, 6.07) is 5.37. The van der Waals surface area contributed by atoms with Gasteiger partial charge in [-0.25, -0.2) is 4.79 Å². The van der Waals surface area contributed by atoms with Gasteiger partial charge in [-0.3, -0.25) is 4.90 Å². The van der Waals surface area contributed by atoms with Crippen LogP contribution in [0.15, 0.2) is 18.2 Å². The highest BCUT2D eigenvalue weighted by atomic mass is 16.5.